The van der Waals surface area contributed by atoms with E-state index in [1.54, 1.807) is 0 Å². The summed E-state index contributed by atoms with van der Waals surface area (Å²) < 4.78 is 77.7. The van der Waals surface area contributed by atoms with Crippen LogP contribution in [0.15, 0.2) is 24.3 Å². The molecule has 1 saturated heterocycles. The molecule has 4 nitrogen and oxygen atoms in total. The molecule has 2 aromatic rings. The second-order valence-electron chi connectivity index (χ2n) is 6.34. The summed E-state index contributed by atoms with van der Waals surface area (Å²) in [6.45, 7) is 0.210. The van der Waals surface area contributed by atoms with Crippen LogP contribution in [0.3, 0.4) is 0 Å². The zero-order chi connectivity index (χ0) is 21.1. The lowest BCUT2D eigenvalue weighted by molar-refractivity contribution is -0.0648. The quantitative estimate of drug-likeness (QED) is 0.403. The molecule has 0 radical (unpaired) electrons. The standard InChI is InChI=1S/C19H15ClF5NO3/c20-14-5-11(21)2-1-10(14)8-28-9-12-7-26(3-4-29-12)19(27)13-6-15(22)17(24)18(25)16(13)23/h1-2,5-6,12H,3-4,7-9H2. The Bertz CT molecular complexity index is 927. The number of halogens is 6. The summed E-state index contributed by atoms with van der Waals surface area (Å²) in [6.07, 6.45) is -0.592. The van der Waals surface area contributed by atoms with Crippen LogP contribution in [0.1, 0.15) is 15.9 Å². The van der Waals surface area contributed by atoms with Gasteiger partial charge in [0.2, 0.25) is 0 Å². The van der Waals surface area contributed by atoms with E-state index in [4.69, 9.17) is 21.1 Å². The molecule has 10 heteroatoms. The van der Waals surface area contributed by atoms with Crippen LogP contribution in [0.25, 0.3) is 0 Å². The molecule has 1 fully saturated rings. The summed E-state index contributed by atoms with van der Waals surface area (Å²) in [7, 11) is 0. The fourth-order valence-electron chi connectivity index (χ4n) is 2.84. The van der Waals surface area contributed by atoms with Gasteiger partial charge in [0.1, 0.15) is 5.82 Å². The number of rotatable bonds is 5. The van der Waals surface area contributed by atoms with Crippen molar-refractivity contribution in [2.45, 2.75) is 12.7 Å². The number of carbonyl (C=O) groups is 1. The molecule has 3 rings (SSSR count). The Morgan fingerprint density at radius 3 is 2.62 bits per heavy atom. The minimum atomic E-state index is -2.04. The van der Waals surface area contributed by atoms with E-state index in [0.717, 1.165) is 11.0 Å². The van der Waals surface area contributed by atoms with E-state index in [-0.39, 0.29) is 37.9 Å². The van der Waals surface area contributed by atoms with Gasteiger partial charge in [0.15, 0.2) is 23.3 Å². The van der Waals surface area contributed by atoms with Crippen LogP contribution in [-0.2, 0) is 16.1 Å². The molecule has 1 heterocycles. The van der Waals surface area contributed by atoms with Gasteiger partial charge in [-0.3, -0.25) is 4.79 Å². The van der Waals surface area contributed by atoms with E-state index in [1.165, 1.54) is 12.1 Å². The molecule has 1 amide bonds. The van der Waals surface area contributed by atoms with Gasteiger partial charge in [0, 0.05) is 18.1 Å². The van der Waals surface area contributed by atoms with Gasteiger partial charge in [-0.1, -0.05) is 17.7 Å². The zero-order valence-corrected chi connectivity index (χ0v) is 15.6. The summed E-state index contributed by atoms with van der Waals surface area (Å²) >= 11 is 5.91. The summed E-state index contributed by atoms with van der Waals surface area (Å²) in [5.74, 6) is -8.90. The van der Waals surface area contributed by atoms with Crippen LogP contribution in [0, 0.1) is 29.1 Å². The number of ether oxygens (including phenoxy) is 2. The largest absolute Gasteiger partial charge is 0.374 e. The highest BCUT2D eigenvalue weighted by Gasteiger charge is 2.30. The Kier molecular flexibility index (Phi) is 6.71. The van der Waals surface area contributed by atoms with E-state index in [0.29, 0.717) is 11.6 Å². The molecule has 156 valence electrons. The van der Waals surface area contributed by atoms with Crippen LogP contribution in [0.4, 0.5) is 22.0 Å². The second kappa shape index (κ2) is 9.06. The topological polar surface area (TPSA) is 38.8 Å². The highest BCUT2D eigenvalue weighted by atomic mass is 35.5. The normalized spacial score (nSPS) is 16.9. The number of benzene rings is 2. The third-order valence-corrected chi connectivity index (χ3v) is 4.69. The van der Waals surface area contributed by atoms with E-state index < -0.39 is 46.7 Å². The summed E-state index contributed by atoms with van der Waals surface area (Å²) in [5, 5.41) is 0.196. The maximum atomic E-state index is 13.9. The summed E-state index contributed by atoms with van der Waals surface area (Å²) in [4.78, 5) is 13.6. The molecule has 2 aromatic carbocycles. The van der Waals surface area contributed by atoms with Crippen LogP contribution in [-0.4, -0.2) is 43.2 Å². The van der Waals surface area contributed by atoms with Gasteiger partial charge >= 0.3 is 0 Å². The third-order valence-electron chi connectivity index (χ3n) is 4.34. The van der Waals surface area contributed by atoms with E-state index in [1.807, 2.05) is 0 Å². The Balaban J connectivity index is 1.61. The highest BCUT2D eigenvalue weighted by Crippen LogP contribution is 2.22. The fourth-order valence-corrected chi connectivity index (χ4v) is 3.06. The number of carbonyl (C=O) groups excluding carboxylic acids is 1. The van der Waals surface area contributed by atoms with E-state index in [9.17, 15) is 26.7 Å². The first kappa shape index (κ1) is 21.5. The minimum absolute atomic E-state index is 0.0317. The molecule has 0 spiro atoms. The van der Waals surface area contributed by atoms with Crippen molar-refractivity contribution in [2.24, 2.45) is 0 Å². The lowest BCUT2D eigenvalue weighted by Crippen LogP contribution is -2.47. The molecule has 0 aromatic heterocycles. The Morgan fingerprint density at radius 2 is 1.90 bits per heavy atom. The molecule has 1 unspecified atom stereocenters. The third kappa shape index (κ3) is 4.85. The van der Waals surface area contributed by atoms with Gasteiger partial charge in [0.25, 0.3) is 5.91 Å². The van der Waals surface area contributed by atoms with Crippen LogP contribution in [0.2, 0.25) is 5.02 Å². The van der Waals surface area contributed by atoms with Crippen molar-refractivity contribution in [1.82, 2.24) is 4.90 Å². The lowest BCUT2D eigenvalue weighted by Gasteiger charge is -2.33. The van der Waals surface area contributed by atoms with Crippen LogP contribution >= 0.6 is 11.6 Å². The minimum Gasteiger partial charge on any atom is -0.374 e. The monoisotopic (exact) mass is 435 g/mol. The first-order valence-corrected chi connectivity index (χ1v) is 8.91. The molecule has 0 bridgehead atoms. The van der Waals surface area contributed by atoms with E-state index >= 15 is 0 Å². The number of hydrogen-bond donors (Lipinski definition) is 0. The summed E-state index contributed by atoms with van der Waals surface area (Å²) in [5.41, 5.74) is -0.350. The summed E-state index contributed by atoms with van der Waals surface area (Å²) in [6, 6.07) is 4.17. The van der Waals surface area contributed by atoms with Crippen molar-refractivity contribution < 1.29 is 36.2 Å². The van der Waals surface area contributed by atoms with Crippen LogP contribution in [0.5, 0.6) is 0 Å². The predicted octanol–water partition coefficient (Wildman–Crippen LogP) is 4.09. The van der Waals surface area contributed by atoms with Gasteiger partial charge in [-0.15, -0.1) is 0 Å². The molecule has 0 N–H and O–H groups in total. The molecule has 29 heavy (non-hydrogen) atoms. The highest BCUT2D eigenvalue weighted by molar-refractivity contribution is 6.31. The number of hydrogen-bond acceptors (Lipinski definition) is 3. The molecular formula is C19H15ClF5NO3. The molecule has 1 atom stereocenters. The van der Waals surface area contributed by atoms with Crippen molar-refractivity contribution >= 4 is 17.5 Å². The zero-order valence-electron chi connectivity index (χ0n) is 14.9. The van der Waals surface area contributed by atoms with Crippen molar-refractivity contribution in [3.05, 3.63) is 69.5 Å². The molecule has 0 aliphatic carbocycles. The van der Waals surface area contributed by atoms with Crippen molar-refractivity contribution in [2.75, 3.05) is 26.3 Å². The smallest absolute Gasteiger partial charge is 0.257 e. The maximum Gasteiger partial charge on any atom is 0.257 e. The Labute approximate surface area is 167 Å². The lowest BCUT2D eigenvalue weighted by atomic mass is 10.1. The van der Waals surface area contributed by atoms with Gasteiger partial charge < -0.3 is 14.4 Å². The number of morpholine rings is 1. The second-order valence-corrected chi connectivity index (χ2v) is 6.75. The molecular weight excluding hydrogens is 421 g/mol. The SMILES string of the molecule is O=C(c1cc(F)c(F)c(F)c1F)N1CCOC(COCc2ccc(F)cc2Cl)C1. The van der Waals surface area contributed by atoms with Gasteiger partial charge in [-0.05, 0) is 23.8 Å². The molecule has 1 aliphatic heterocycles. The Morgan fingerprint density at radius 1 is 1.14 bits per heavy atom. The van der Waals surface area contributed by atoms with Crippen molar-refractivity contribution in [3.63, 3.8) is 0 Å². The number of nitrogens with zero attached hydrogens (tertiary/aromatic N) is 1. The molecule has 0 saturated carbocycles. The average molecular weight is 436 g/mol. The Hall–Kier alpha value is -2.23. The van der Waals surface area contributed by atoms with Crippen molar-refractivity contribution in [1.29, 1.82) is 0 Å². The van der Waals surface area contributed by atoms with E-state index in [2.05, 4.69) is 0 Å². The fraction of sp³-hybridized carbons (Fsp3) is 0.316. The number of amides is 1. The van der Waals surface area contributed by atoms with Gasteiger partial charge in [-0.25, -0.2) is 22.0 Å². The maximum absolute atomic E-state index is 13.9. The molecule has 1 aliphatic rings. The predicted molar refractivity (Wildman–Crippen MR) is 93.0 cm³/mol. The van der Waals surface area contributed by atoms with Crippen LogP contribution < -0.4 is 0 Å². The van der Waals surface area contributed by atoms with Crippen molar-refractivity contribution in [3.8, 4) is 0 Å². The average Bonchev–Trinajstić information content (AvgIpc) is 2.70. The van der Waals surface area contributed by atoms with Gasteiger partial charge in [0.05, 0.1) is 31.5 Å². The first-order valence-electron chi connectivity index (χ1n) is 8.53. The first-order chi connectivity index (χ1) is 13.8. The van der Waals surface area contributed by atoms with Gasteiger partial charge in [-0.2, -0.15) is 0 Å².